The van der Waals surface area contributed by atoms with Crippen LogP contribution in [0, 0.1) is 0 Å². The molecule has 0 unspecified atom stereocenters. The lowest BCUT2D eigenvalue weighted by Gasteiger charge is -1.91. The Kier molecular flexibility index (Phi) is 5.99. The molecular weight excluding hydrogens is 296 g/mol. The quantitative estimate of drug-likeness (QED) is 0.362. The fourth-order valence-electron chi connectivity index (χ4n) is 1.15. The number of carbonyl (C=O) groups is 3. The summed E-state index contributed by atoms with van der Waals surface area (Å²) in [5.74, 6) is 2.88. The smallest absolute Gasteiger partial charge is 0.345 e. The molecule has 2 rings (SSSR count). The topological polar surface area (TPSA) is 148 Å². The summed E-state index contributed by atoms with van der Waals surface area (Å²) in [6.45, 7) is 0. The molecule has 0 spiro atoms. The average molecular weight is 308 g/mol. The van der Waals surface area contributed by atoms with E-state index < -0.39 is 17.8 Å². The molecule has 110 valence electrons. The van der Waals surface area contributed by atoms with Gasteiger partial charge in [-0.15, -0.1) is 11.3 Å². The first-order valence-corrected chi connectivity index (χ1v) is 6.31. The fourth-order valence-corrected chi connectivity index (χ4v) is 1.90. The first kappa shape index (κ1) is 16.3. The second-order valence-corrected chi connectivity index (χ2v) is 4.63. The molecule has 0 radical (unpaired) electrons. The van der Waals surface area contributed by atoms with Gasteiger partial charge in [0.25, 0.3) is 5.91 Å². The minimum atomic E-state index is -1.05. The molecule has 2 heterocycles. The number of carboxylic acid groups (broad SMARTS) is 1. The Labute approximate surface area is 123 Å². The number of primary amides is 1. The molecule has 0 aliphatic rings. The van der Waals surface area contributed by atoms with E-state index in [1.165, 1.54) is 18.3 Å². The van der Waals surface area contributed by atoms with E-state index in [2.05, 4.69) is 4.98 Å². The van der Waals surface area contributed by atoms with Gasteiger partial charge in [-0.25, -0.2) is 10.6 Å². The van der Waals surface area contributed by atoms with Crippen molar-refractivity contribution in [3.05, 3.63) is 52.0 Å². The Morgan fingerprint density at radius 3 is 2.24 bits per heavy atom. The lowest BCUT2D eigenvalue weighted by Crippen LogP contribution is -2.29. The largest absolute Gasteiger partial charge is 0.477 e. The first-order chi connectivity index (χ1) is 9.95. The molecule has 0 bridgehead atoms. The van der Waals surface area contributed by atoms with Gasteiger partial charge < -0.3 is 10.8 Å². The van der Waals surface area contributed by atoms with E-state index in [0.717, 1.165) is 11.3 Å². The SMILES string of the molecule is NC(=O)c1cccnc1.NNC(=O)c1ccc(C(=O)O)s1. The molecular formula is C12H12N4O4S. The number of hydrogen-bond donors (Lipinski definition) is 4. The van der Waals surface area contributed by atoms with E-state index >= 15 is 0 Å². The van der Waals surface area contributed by atoms with Gasteiger partial charge in [-0.05, 0) is 24.3 Å². The standard InChI is InChI=1S/C6H6N2O3S.C6H6N2O/c7-8-5(9)3-1-2-4(12-3)6(10)11;7-6(9)5-2-1-3-8-4-5/h1-2H,7H2,(H,8,9)(H,10,11);1-4H,(H2,7,9). The summed E-state index contributed by atoms with van der Waals surface area (Å²) >= 11 is 0.882. The molecule has 8 nitrogen and oxygen atoms in total. The van der Waals surface area contributed by atoms with Crippen molar-refractivity contribution in [1.29, 1.82) is 0 Å². The summed E-state index contributed by atoms with van der Waals surface area (Å²) in [4.78, 5) is 35.7. The third kappa shape index (κ3) is 5.01. The summed E-state index contributed by atoms with van der Waals surface area (Å²) < 4.78 is 0. The van der Waals surface area contributed by atoms with Crippen LogP contribution >= 0.6 is 11.3 Å². The van der Waals surface area contributed by atoms with E-state index in [4.69, 9.17) is 16.7 Å². The van der Waals surface area contributed by atoms with Crippen LogP contribution in [0.25, 0.3) is 0 Å². The van der Waals surface area contributed by atoms with Crippen molar-refractivity contribution in [2.75, 3.05) is 0 Å². The van der Waals surface area contributed by atoms with Gasteiger partial charge in [-0.3, -0.25) is 20.0 Å². The van der Waals surface area contributed by atoms with Crippen molar-refractivity contribution < 1.29 is 19.5 Å². The average Bonchev–Trinajstić information content (AvgIpc) is 2.98. The maximum Gasteiger partial charge on any atom is 0.345 e. The maximum atomic E-state index is 10.8. The minimum absolute atomic E-state index is 0.119. The van der Waals surface area contributed by atoms with E-state index in [1.807, 2.05) is 5.43 Å². The Bertz CT molecular complexity index is 642. The van der Waals surface area contributed by atoms with Crippen LogP contribution in [0.1, 0.15) is 29.7 Å². The second-order valence-electron chi connectivity index (χ2n) is 3.55. The van der Waals surface area contributed by atoms with Crippen molar-refractivity contribution in [3.8, 4) is 0 Å². The summed E-state index contributed by atoms with van der Waals surface area (Å²) in [6.07, 6.45) is 3.02. The van der Waals surface area contributed by atoms with Gasteiger partial charge in [0.05, 0.1) is 10.4 Å². The number of nitrogens with zero attached hydrogens (tertiary/aromatic N) is 1. The maximum absolute atomic E-state index is 10.8. The van der Waals surface area contributed by atoms with Gasteiger partial charge in [0.15, 0.2) is 0 Å². The third-order valence-electron chi connectivity index (χ3n) is 2.12. The summed E-state index contributed by atoms with van der Waals surface area (Å²) in [6, 6.07) is 6.06. The molecule has 0 aliphatic carbocycles. The number of nitrogens with two attached hydrogens (primary N) is 2. The van der Waals surface area contributed by atoms with E-state index in [9.17, 15) is 14.4 Å². The number of aromatic nitrogens is 1. The van der Waals surface area contributed by atoms with Gasteiger partial charge in [0.2, 0.25) is 5.91 Å². The highest BCUT2D eigenvalue weighted by molar-refractivity contribution is 7.15. The number of hydrazine groups is 1. The van der Waals surface area contributed by atoms with Crippen molar-refractivity contribution in [3.63, 3.8) is 0 Å². The highest BCUT2D eigenvalue weighted by Crippen LogP contribution is 2.15. The summed E-state index contributed by atoms with van der Waals surface area (Å²) in [5, 5.41) is 8.50. The highest BCUT2D eigenvalue weighted by atomic mass is 32.1. The third-order valence-corrected chi connectivity index (χ3v) is 3.19. The summed E-state index contributed by atoms with van der Waals surface area (Å²) in [5.41, 5.74) is 7.29. The molecule has 0 saturated heterocycles. The molecule has 2 aromatic rings. The molecule has 0 fully saturated rings. The predicted octanol–water partition coefficient (Wildman–Crippen LogP) is 0.230. The van der Waals surface area contributed by atoms with Crippen molar-refractivity contribution >= 4 is 29.1 Å². The Morgan fingerprint density at radius 2 is 1.86 bits per heavy atom. The zero-order valence-corrected chi connectivity index (χ0v) is 11.5. The Balaban J connectivity index is 0.000000219. The zero-order valence-electron chi connectivity index (χ0n) is 10.6. The number of nitrogens with one attached hydrogen (secondary N) is 1. The number of hydrogen-bond acceptors (Lipinski definition) is 6. The predicted molar refractivity (Wildman–Crippen MR) is 75.7 cm³/mol. The molecule has 6 N–H and O–H groups in total. The molecule has 21 heavy (non-hydrogen) atoms. The van der Waals surface area contributed by atoms with Crippen LogP contribution < -0.4 is 17.0 Å². The van der Waals surface area contributed by atoms with Crippen LogP contribution in [0.2, 0.25) is 0 Å². The highest BCUT2D eigenvalue weighted by Gasteiger charge is 2.10. The fraction of sp³-hybridized carbons (Fsp3) is 0. The number of pyridine rings is 1. The van der Waals surface area contributed by atoms with Gasteiger partial charge in [0.1, 0.15) is 4.88 Å². The first-order valence-electron chi connectivity index (χ1n) is 5.49. The molecule has 0 atom stereocenters. The van der Waals surface area contributed by atoms with Gasteiger partial charge in [0, 0.05) is 12.4 Å². The van der Waals surface area contributed by atoms with Gasteiger partial charge in [-0.2, -0.15) is 0 Å². The number of nitrogen functional groups attached to an aromatic ring is 1. The zero-order chi connectivity index (χ0) is 15.8. The monoisotopic (exact) mass is 308 g/mol. The van der Waals surface area contributed by atoms with Crippen molar-refractivity contribution in [2.45, 2.75) is 0 Å². The normalized spacial score (nSPS) is 9.19. The van der Waals surface area contributed by atoms with Gasteiger partial charge >= 0.3 is 5.97 Å². The molecule has 0 saturated carbocycles. The minimum Gasteiger partial charge on any atom is -0.477 e. The van der Waals surface area contributed by atoms with E-state index in [-0.39, 0.29) is 9.75 Å². The van der Waals surface area contributed by atoms with Crippen LogP contribution in [-0.2, 0) is 0 Å². The van der Waals surface area contributed by atoms with E-state index in [1.54, 1.807) is 18.3 Å². The Morgan fingerprint density at radius 1 is 1.19 bits per heavy atom. The number of carbonyl (C=O) groups excluding carboxylic acids is 2. The lowest BCUT2D eigenvalue weighted by atomic mass is 10.3. The van der Waals surface area contributed by atoms with Crippen LogP contribution in [0.4, 0.5) is 0 Å². The van der Waals surface area contributed by atoms with Crippen molar-refractivity contribution in [1.82, 2.24) is 10.4 Å². The van der Waals surface area contributed by atoms with E-state index in [0.29, 0.717) is 5.56 Å². The number of amides is 2. The van der Waals surface area contributed by atoms with Gasteiger partial charge in [-0.1, -0.05) is 0 Å². The number of thiophene rings is 1. The van der Waals surface area contributed by atoms with Crippen LogP contribution in [-0.4, -0.2) is 27.9 Å². The number of aromatic carboxylic acids is 1. The number of rotatable bonds is 3. The second kappa shape index (κ2) is 7.72. The Hall–Kier alpha value is -2.78. The molecule has 2 aromatic heterocycles. The summed E-state index contributed by atoms with van der Waals surface area (Å²) in [7, 11) is 0. The molecule has 9 heteroatoms. The van der Waals surface area contributed by atoms with Crippen LogP contribution in [0.15, 0.2) is 36.7 Å². The van der Waals surface area contributed by atoms with Crippen LogP contribution in [0.3, 0.4) is 0 Å². The lowest BCUT2D eigenvalue weighted by molar-refractivity contribution is 0.0701. The molecule has 0 aromatic carbocycles. The number of carboxylic acids is 1. The molecule has 2 amide bonds. The van der Waals surface area contributed by atoms with Crippen LogP contribution in [0.5, 0.6) is 0 Å². The molecule has 0 aliphatic heterocycles. The van der Waals surface area contributed by atoms with Crippen molar-refractivity contribution in [2.24, 2.45) is 11.6 Å².